The Morgan fingerprint density at radius 1 is 1.11 bits per heavy atom. The standard InChI is InChI=1S/C22H21NO5/c1-2-12-27-13-11-20(21(24)25)23-22(26)28-14-19-17-9-5-3-7-15(17)16-8-4-6-10-18(16)19/h1,3-10,19-20H,11-14H2,(H,23,26)(H,24,25)/t20-/m0/s1. The lowest BCUT2D eigenvalue weighted by molar-refractivity contribution is -0.139. The number of hydrogen-bond acceptors (Lipinski definition) is 4. The molecule has 0 unspecified atom stereocenters. The van der Waals surface area contributed by atoms with Gasteiger partial charge in [0, 0.05) is 12.3 Å². The number of aliphatic carboxylic acids is 1. The van der Waals surface area contributed by atoms with Crippen molar-refractivity contribution in [1.82, 2.24) is 5.32 Å². The number of alkyl carbamates (subject to hydrolysis) is 1. The summed E-state index contributed by atoms with van der Waals surface area (Å²) in [6, 6.07) is 14.9. The van der Waals surface area contributed by atoms with Crippen molar-refractivity contribution < 1.29 is 24.2 Å². The molecule has 144 valence electrons. The number of nitrogens with one attached hydrogen (secondary N) is 1. The van der Waals surface area contributed by atoms with E-state index in [9.17, 15) is 14.7 Å². The molecule has 6 nitrogen and oxygen atoms in total. The van der Waals surface area contributed by atoms with Crippen LogP contribution in [0.25, 0.3) is 11.1 Å². The van der Waals surface area contributed by atoms with E-state index in [1.54, 1.807) is 0 Å². The summed E-state index contributed by atoms with van der Waals surface area (Å²) in [5.74, 6) is 1.06. The molecule has 1 amide bonds. The number of carbonyl (C=O) groups is 2. The first-order chi connectivity index (χ1) is 13.6. The maximum Gasteiger partial charge on any atom is 0.407 e. The van der Waals surface area contributed by atoms with Gasteiger partial charge in [-0.3, -0.25) is 0 Å². The van der Waals surface area contributed by atoms with Gasteiger partial charge in [0.05, 0.1) is 6.61 Å². The molecular formula is C22H21NO5. The highest BCUT2D eigenvalue weighted by Crippen LogP contribution is 2.44. The van der Waals surface area contributed by atoms with Crippen LogP contribution in [0, 0.1) is 12.3 Å². The molecule has 0 radical (unpaired) electrons. The van der Waals surface area contributed by atoms with E-state index in [1.165, 1.54) is 0 Å². The van der Waals surface area contributed by atoms with Gasteiger partial charge >= 0.3 is 12.1 Å². The van der Waals surface area contributed by atoms with E-state index < -0.39 is 18.1 Å². The largest absolute Gasteiger partial charge is 0.480 e. The average molecular weight is 379 g/mol. The molecule has 2 N–H and O–H groups in total. The predicted octanol–water partition coefficient (Wildman–Crippen LogP) is 3.02. The van der Waals surface area contributed by atoms with Gasteiger partial charge in [-0.15, -0.1) is 6.42 Å². The molecule has 0 bridgehead atoms. The third-order valence-corrected chi connectivity index (χ3v) is 4.67. The smallest absolute Gasteiger partial charge is 0.407 e. The number of carbonyl (C=O) groups excluding carboxylic acids is 1. The van der Waals surface area contributed by atoms with Crippen molar-refractivity contribution in [3.8, 4) is 23.5 Å². The van der Waals surface area contributed by atoms with Crippen LogP contribution in [0.4, 0.5) is 4.79 Å². The van der Waals surface area contributed by atoms with Crippen LogP contribution in [-0.2, 0) is 14.3 Å². The number of carboxylic acid groups (broad SMARTS) is 1. The summed E-state index contributed by atoms with van der Waals surface area (Å²) >= 11 is 0. The number of benzene rings is 2. The zero-order valence-electron chi connectivity index (χ0n) is 15.3. The van der Waals surface area contributed by atoms with Crippen LogP contribution in [0.15, 0.2) is 48.5 Å². The Bertz CT molecular complexity index is 856. The molecule has 2 aromatic rings. The van der Waals surface area contributed by atoms with Gasteiger partial charge in [0.2, 0.25) is 0 Å². The lowest BCUT2D eigenvalue weighted by Gasteiger charge is -2.17. The first-order valence-corrected chi connectivity index (χ1v) is 8.97. The summed E-state index contributed by atoms with van der Waals surface area (Å²) in [6.45, 7) is 0.349. The van der Waals surface area contributed by atoms with Crippen molar-refractivity contribution in [3.63, 3.8) is 0 Å². The maximum atomic E-state index is 12.2. The molecule has 0 aromatic heterocycles. The fourth-order valence-electron chi connectivity index (χ4n) is 3.37. The van der Waals surface area contributed by atoms with Gasteiger partial charge in [-0.1, -0.05) is 54.5 Å². The second-order valence-corrected chi connectivity index (χ2v) is 6.41. The molecule has 0 saturated carbocycles. The second-order valence-electron chi connectivity index (χ2n) is 6.41. The highest BCUT2D eigenvalue weighted by molar-refractivity contribution is 5.81. The van der Waals surface area contributed by atoms with E-state index in [0.29, 0.717) is 0 Å². The molecule has 1 aliphatic carbocycles. The summed E-state index contributed by atoms with van der Waals surface area (Å²) in [4.78, 5) is 23.5. The number of ether oxygens (including phenoxy) is 2. The van der Waals surface area contributed by atoms with E-state index in [1.807, 2.05) is 48.5 Å². The Morgan fingerprint density at radius 2 is 1.71 bits per heavy atom. The molecule has 3 rings (SSSR count). The molecule has 0 aliphatic heterocycles. The van der Waals surface area contributed by atoms with E-state index in [-0.39, 0.29) is 32.2 Å². The van der Waals surface area contributed by atoms with E-state index in [4.69, 9.17) is 15.9 Å². The molecule has 1 atom stereocenters. The molecule has 28 heavy (non-hydrogen) atoms. The lowest BCUT2D eigenvalue weighted by atomic mass is 9.98. The molecule has 1 aliphatic rings. The van der Waals surface area contributed by atoms with Crippen molar-refractivity contribution >= 4 is 12.1 Å². The summed E-state index contributed by atoms with van der Waals surface area (Å²) in [6.07, 6.45) is 4.40. The van der Waals surface area contributed by atoms with Crippen molar-refractivity contribution in [2.45, 2.75) is 18.4 Å². The van der Waals surface area contributed by atoms with Crippen molar-refractivity contribution in [2.75, 3.05) is 19.8 Å². The number of rotatable bonds is 8. The first kappa shape index (κ1) is 19.5. The number of terminal acetylenes is 1. The monoisotopic (exact) mass is 379 g/mol. The van der Waals surface area contributed by atoms with E-state index in [2.05, 4.69) is 11.2 Å². The lowest BCUT2D eigenvalue weighted by Crippen LogP contribution is -2.42. The maximum absolute atomic E-state index is 12.2. The first-order valence-electron chi connectivity index (χ1n) is 8.97. The molecule has 6 heteroatoms. The highest BCUT2D eigenvalue weighted by atomic mass is 16.5. The van der Waals surface area contributed by atoms with Crippen molar-refractivity contribution in [2.24, 2.45) is 0 Å². The van der Waals surface area contributed by atoms with Crippen LogP contribution >= 0.6 is 0 Å². The molecular weight excluding hydrogens is 358 g/mol. The number of amides is 1. The van der Waals surface area contributed by atoms with Crippen LogP contribution < -0.4 is 5.32 Å². The second kappa shape index (κ2) is 9.07. The van der Waals surface area contributed by atoms with Gasteiger partial charge in [0.1, 0.15) is 19.3 Å². The third kappa shape index (κ3) is 4.33. The van der Waals surface area contributed by atoms with Gasteiger partial charge in [-0.25, -0.2) is 9.59 Å². The fourth-order valence-corrected chi connectivity index (χ4v) is 3.37. The number of hydrogen-bond donors (Lipinski definition) is 2. The summed E-state index contributed by atoms with van der Waals surface area (Å²) < 4.78 is 10.4. The summed E-state index contributed by atoms with van der Waals surface area (Å²) in [7, 11) is 0. The number of fused-ring (bicyclic) bond motifs is 3. The predicted molar refractivity (Wildman–Crippen MR) is 104 cm³/mol. The van der Waals surface area contributed by atoms with Gasteiger partial charge in [0.25, 0.3) is 0 Å². The molecule has 0 fully saturated rings. The molecule has 0 saturated heterocycles. The zero-order chi connectivity index (χ0) is 19.9. The van der Waals surface area contributed by atoms with E-state index >= 15 is 0 Å². The van der Waals surface area contributed by atoms with Gasteiger partial charge in [-0.2, -0.15) is 0 Å². The Balaban J connectivity index is 1.61. The Hall–Kier alpha value is -3.30. The Kier molecular flexibility index (Phi) is 6.30. The molecule has 0 heterocycles. The van der Waals surface area contributed by atoms with Gasteiger partial charge in [-0.05, 0) is 22.3 Å². The Morgan fingerprint density at radius 3 is 2.29 bits per heavy atom. The summed E-state index contributed by atoms with van der Waals surface area (Å²) in [5, 5.41) is 11.6. The van der Waals surface area contributed by atoms with Crippen molar-refractivity contribution in [1.29, 1.82) is 0 Å². The zero-order valence-corrected chi connectivity index (χ0v) is 15.3. The van der Waals surface area contributed by atoms with E-state index in [0.717, 1.165) is 22.3 Å². The fraction of sp³-hybridized carbons (Fsp3) is 0.273. The minimum absolute atomic E-state index is 0.0830. The minimum atomic E-state index is -1.15. The van der Waals surface area contributed by atoms with Crippen LogP contribution in [-0.4, -0.2) is 43.0 Å². The average Bonchev–Trinajstić information content (AvgIpc) is 3.02. The Labute approximate surface area is 163 Å². The third-order valence-electron chi connectivity index (χ3n) is 4.67. The topological polar surface area (TPSA) is 84.9 Å². The minimum Gasteiger partial charge on any atom is -0.480 e. The molecule has 0 spiro atoms. The number of carboxylic acids is 1. The SMILES string of the molecule is C#CCOCC[C@H](NC(=O)OCC1c2ccccc2-c2ccccc21)C(=O)O. The van der Waals surface area contributed by atoms with Gasteiger partial charge in [0.15, 0.2) is 0 Å². The van der Waals surface area contributed by atoms with Crippen molar-refractivity contribution in [3.05, 3.63) is 59.7 Å². The highest BCUT2D eigenvalue weighted by Gasteiger charge is 2.29. The summed E-state index contributed by atoms with van der Waals surface area (Å²) in [5.41, 5.74) is 4.44. The van der Waals surface area contributed by atoms with Crippen LogP contribution in [0.5, 0.6) is 0 Å². The van der Waals surface area contributed by atoms with Crippen LogP contribution in [0.1, 0.15) is 23.5 Å². The quantitative estimate of drug-likeness (QED) is 0.544. The molecule has 2 aromatic carbocycles. The van der Waals surface area contributed by atoms with Crippen LogP contribution in [0.3, 0.4) is 0 Å². The normalized spacial score (nSPS) is 13.1. The van der Waals surface area contributed by atoms with Gasteiger partial charge < -0.3 is 19.9 Å². The van der Waals surface area contributed by atoms with Crippen LogP contribution in [0.2, 0.25) is 0 Å².